The van der Waals surface area contributed by atoms with Crippen LogP contribution in [0.15, 0.2) is 28.3 Å². The number of hydrogen-bond acceptors (Lipinski definition) is 3. The Labute approximate surface area is 67.6 Å². The number of rotatable bonds is 2. The largest absolute Gasteiger partial charge is 0.494 e. The zero-order chi connectivity index (χ0) is 9.14. The molecule has 0 aromatic carbocycles. The fraction of sp³-hybridized carbons (Fsp3) is 0.143. The summed E-state index contributed by atoms with van der Waals surface area (Å²) in [6, 6.07) is 0.935. The first kappa shape index (κ1) is 8.32. The molecule has 0 aliphatic rings. The van der Waals surface area contributed by atoms with Crippen LogP contribution >= 0.6 is 0 Å². The van der Waals surface area contributed by atoms with Gasteiger partial charge in [-0.25, -0.2) is 4.79 Å². The zero-order valence-electron chi connectivity index (χ0n) is 6.28. The fourth-order valence-electron chi connectivity index (χ4n) is 0.814. The molecular weight excluding hydrogens is 160 g/mol. The number of H-pyrrole nitrogens is 1. The Morgan fingerprint density at radius 3 is 2.83 bits per heavy atom. The van der Waals surface area contributed by atoms with E-state index in [0.717, 1.165) is 10.6 Å². The number of aromatic amines is 1. The zero-order valence-corrected chi connectivity index (χ0v) is 6.28. The van der Waals surface area contributed by atoms with Crippen LogP contribution < -0.4 is 11.2 Å². The third-order valence-corrected chi connectivity index (χ3v) is 1.32. The van der Waals surface area contributed by atoms with Gasteiger partial charge in [-0.3, -0.25) is 14.3 Å². The summed E-state index contributed by atoms with van der Waals surface area (Å²) in [4.78, 5) is 23.6. The molecule has 0 aliphatic heterocycles. The van der Waals surface area contributed by atoms with Gasteiger partial charge < -0.3 is 5.11 Å². The lowest BCUT2D eigenvalue weighted by Gasteiger charge is -2.01. The fourth-order valence-corrected chi connectivity index (χ4v) is 0.814. The van der Waals surface area contributed by atoms with Crippen LogP contribution in [0.5, 0.6) is 5.88 Å². The standard InChI is InChI=1S/C7H8N2O3/c1-2-3-9-6(11)4-5(10)8-7(9)12/h2,4,11H,1,3H2,(H,8,10,12). The Morgan fingerprint density at radius 2 is 2.33 bits per heavy atom. The van der Waals surface area contributed by atoms with Crippen molar-refractivity contribution in [2.24, 2.45) is 0 Å². The summed E-state index contributed by atoms with van der Waals surface area (Å²) in [5.41, 5.74) is -1.25. The first-order valence-electron chi connectivity index (χ1n) is 3.29. The summed E-state index contributed by atoms with van der Waals surface area (Å²) >= 11 is 0. The van der Waals surface area contributed by atoms with Crippen LogP contribution in [-0.4, -0.2) is 14.7 Å². The molecular formula is C7H8N2O3. The Balaban J connectivity index is 3.38. The van der Waals surface area contributed by atoms with Crippen molar-refractivity contribution in [3.8, 4) is 5.88 Å². The van der Waals surface area contributed by atoms with E-state index in [4.69, 9.17) is 5.11 Å². The average Bonchev–Trinajstić information content (AvgIpc) is 1.96. The van der Waals surface area contributed by atoms with Gasteiger partial charge in [0.25, 0.3) is 5.56 Å². The van der Waals surface area contributed by atoms with Gasteiger partial charge in [-0.2, -0.15) is 0 Å². The van der Waals surface area contributed by atoms with E-state index in [1.165, 1.54) is 6.08 Å². The Hall–Kier alpha value is -1.78. The number of allylic oxidation sites excluding steroid dienone is 1. The topological polar surface area (TPSA) is 75.1 Å². The highest BCUT2D eigenvalue weighted by Gasteiger charge is 2.00. The summed E-state index contributed by atoms with van der Waals surface area (Å²) < 4.78 is 0.994. The smallest absolute Gasteiger partial charge is 0.331 e. The van der Waals surface area contributed by atoms with Gasteiger partial charge in [0.05, 0.1) is 6.07 Å². The van der Waals surface area contributed by atoms with E-state index in [-0.39, 0.29) is 12.4 Å². The molecule has 1 aromatic heterocycles. The molecule has 1 heterocycles. The lowest BCUT2D eigenvalue weighted by atomic mass is 10.5. The van der Waals surface area contributed by atoms with E-state index in [1.54, 1.807) is 0 Å². The molecule has 64 valence electrons. The molecule has 0 amide bonds. The van der Waals surface area contributed by atoms with E-state index in [0.29, 0.717) is 0 Å². The van der Waals surface area contributed by atoms with Gasteiger partial charge in [0.15, 0.2) is 0 Å². The summed E-state index contributed by atoms with van der Waals surface area (Å²) in [5.74, 6) is -0.358. The molecule has 1 aromatic rings. The van der Waals surface area contributed by atoms with Crippen LogP contribution in [-0.2, 0) is 6.54 Å². The molecule has 0 saturated heterocycles. The van der Waals surface area contributed by atoms with Crippen LogP contribution in [0.2, 0.25) is 0 Å². The third kappa shape index (κ3) is 1.45. The second-order valence-electron chi connectivity index (χ2n) is 2.20. The summed E-state index contributed by atoms with van der Waals surface area (Å²) in [6.45, 7) is 3.57. The predicted molar refractivity (Wildman–Crippen MR) is 43.2 cm³/mol. The molecule has 0 unspecified atom stereocenters. The minimum Gasteiger partial charge on any atom is -0.494 e. The van der Waals surface area contributed by atoms with Crippen LogP contribution in [0.1, 0.15) is 0 Å². The summed E-state index contributed by atoms with van der Waals surface area (Å²) in [7, 11) is 0. The predicted octanol–water partition coefficient (Wildman–Crippen LogP) is -0.572. The molecule has 0 spiro atoms. The van der Waals surface area contributed by atoms with Gasteiger partial charge in [-0.15, -0.1) is 6.58 Å². The molecule has 5 nitrogen and oxygen atoms in total. The molecule has 1 rings (SSSR count). The second kappa shape index (κ2) is 3.08. The first-order valence-corrected chi connectivity index (χ1v) is 3.29. The molecule has 2 N–H and O–H groups in total. The van der Waals surface area contributed by atoms with E-state index in [2.05, 4.69) is 6.58 Å². The molecule has 0 radical (unpaired) electrons. The number of nitrogens with zero attached hydrogens (tertiary/aromatic N) is 1. The summed E-state index contributed by atoms with van der Waals surface area (Å²) in [5, 5.41) is 9.10. The van der Waals surface area contributed by atoms with E-state index < -0.39 is 11.2 Å². The van der Waals surface area contributed by atoms with Crippen molar-refractivity contribution in [1.29, 1.82) is 0 Å². The Bertz CT molecular complexity index is 402. The van der Waals surface area contributed by atoms with Crippen LogP contribution in [0.25, 0.3) is 0 Å². The quantitative estimate of drug-likeness (QED) is 0.580. The minimum absolute atomic E-state index is 0.168. The molecule has 5 heteroatoms. The second-order valence-corrected chi connectivity index (χ2v) is 2.20. The minimum atomic E-state index is -0.639. The van der Waals surface area contributed by atoms with Gasteiger partial charge in [0.2, 0.25) is 5.88 Å². The highest BCUT2D eigenvalue weighted by Crippen LogP contribution is 1.98. The number of aromatic hydroxyl groups is 1. The van der Waals surface area contributed by atoms with Crippen LogP contribution in [0.3, 0.4) is 0 Å². The van der Waals surface area contributed by atoms with Crippen molar-refractivity contribution in [2.75, 3.05) is 0 Å². The van der Waals surface area contributed by atoms with E-state index in [1.807, 2.05) is 4.98 Å². The van der Waals surface area contributed by atoms with Gasteiger partial charge >= 0.3 is 5.69 Å². The maximum atomic E-state index is 11.0. The highest BCUT2D eigenvalue weighted by atomic mass is 16.3. The number of nitrogens with one attached hydrogen (secondary N) is 1. The average molecular weight is 168 g/mol. The van der Waals surface area contributed by atoms with Gasteiger partial charge in [0.1, 0.15) is 0 Å². The van der Waals surface area contributed by atoms with E-state index >= 15 is 0 Å². The monoisotopic (exact) mass is 168 g/mol. The third-order valence-electron chi connectivity index (χ3n) is 1.32. The number of aromatic nitrogens is 2. The van der Waals surface area contributed by atoms with Crippen molar-refractivity contribution in [3.05, 3.63) is 39.6 Å². The van der Waals surface area contributed by atoms with Crippen molar-refractivity contribution in [1.82, 2.24) is 9.55 Å². The Kier molecular flexibility index (Phi) is 2.14. The van der Waals surface area contributed by atoms with Crippen molar-refractivity contribution in [3.63, 3.8) is 0 Å². The van der Waals surface area contributed by atoms with Crippen molar-refractivity contribution >= 4 is 0 Å². The first-order chi connectivity index (χ1) is 5.65. The van der Waals surface area contributed by atoms with Crippen molar-refractivity contribution in [2.45, 2.75) is 6.54 Å². The van der Waals surface area contributed by atoms with Gasteiger partial charge in [-0.05, 0) is 0 Å². The van der Waals surface area contributed by atoms with Gasteiger partial charge in [0, 0.05) is 6.54 Å². The summed E-state index contributed by atoms with van der Waals surface area (Å²) in [6.07, 6.45) is 1.44. The lowest BCUT2D eigenvalue weighted by molar-refractivity contribution is 0.411. The number of hydrogen-bond donors (Lipinski definition) is 2. The lowest BCUT2D eigenvalue weighted by Crippen LogP contribution is -2.28. The molecule has 0 atom stereocenters. The van der Waals surface area contributed by atoms with Gasteiger partial charge in [-0.1, -0.05) is 6.08 Å². The molecule has 0 aliphatic carbocycles. The molecule has 0 bridgehead atoms. The van der Waals surface area contributed by atoms with Crippen LogP contribution in [0, 0.1) is 0 Å². The SMILES string of the molecule is C=CCn1c(O)cc(=O)[nH]c1=O. The van der Waals surface area contributed by atoms with Crippen molar-refractivity contribution < 1.29 is 5.11 Å². The van der Waals surface area contributed by atoms with Crippen LogP contribution in [0.4, 0.5) is 0 Å². The molecule has 12 heavy (non-hydrogen) atoms. The maximum Gasteiger partial charge on any atom is 0.331 e. The molecule has 0 saturated carbocycles. The maximum absolute atomic E-state index is 11.0. The highest BCUT2D eigenvalue weighted by molar-refractivity contribution is 5.06. The Morgan fingerprint density at radius 1 is 1.67 bits per heavy atom. The normalized spacial score (nSPS) is 9.67. The molecule has 0 fully saturated rings. The van der Waals surface area contributed by atoms with E-state index in [9.17, 15) is 9.59 Å².